The molecule has 0 bridgehead atoms. The summed E-state index contributed by atoms with van der Waals surface area (Å²) >= 11 is 4.97. The number of hydrogen-bond donors (Lipinski definition) is 1. The maximum absolute atomic E-state index is 12.4. The van der Waals surface area contributed by atoms with Gasteiger partial charge >= 0.3 is 0 Å². The van der Waals surface area contributed by atoms with Crippen LogP contribution in [0.5, 0.6) is 0 Å². The average molecular weight is 317 g/mol. The number of rotatable bonds is 4. The lowest BCUT2D eigenvalue weighted by Crippen LogP contribution is -2.53. The highest BCUT2D eigenvalue weighted by Crippen LogP contribution is 2.17. The number of aromatic nitrogens is 2. The monoisotopic (exact) mass is 317 g/mol. The molecular formula is C11H19N5O2S2. The molecule has 0 spiro atoms. The van der Waals surface area contributed by atoms with Gasteiger partial charge < -0.3 is 5.73 Å². The molecule has 1 fully saturated rings. The Morgan fingerprint density at radius 2 is 2.00 bits per heavy atom. The van der Waals surface area contributed by atoms with Crippen LogP contribution in [0.3, 0.4) is 0 Å². The van der Waals surface area contributed by atoms with Crippen LogP contribution in [0, 0.1) is 0 Å². The van der Waals surface area contributed by atoms with Crippen LogP contribution in [0.4, 0.5) is 0 Å². The molecule has 1 aromatic rings. The van der Waals surface area contributed by atoms with E-state index < -0.39 is 10.0 Å². The number of nitrogens with zero attached hydrogens (tertiary/aromatic N) is 4. The molecule has 1 aliphatic heterocycles. The third-order valence-corrected chi connectivity index (χ3v) is 5.74. The minimum Gasteiger partial charge on any atom is -0.392 e. The molecule has 0 aliphatic carbocycles. The second-order valence-corrected chi connectivity index (χ2v) is 7.28. The van der Waals surface area contributed by atoms with Crippen molar-refractivity contribution in [3.05, 3.63) is 12.4 Å². The summed E-state index contributed by atoms with van der Waals surface area (Å²) in [6.07, 6.45) is 2.89. The fourth-order valence-electron chi connectivity index (χ4n) is 2.19. The molecule has 112 valence electrons. The highest BCUT2D eigenvalue weighted by molar-refractivity contribution is 7.89. The Morgan fingerprint density at radius 1 is 1.40 bits per heavy atom. The lowest BCUT2D eigenvalue weighted by atomic mass is 10.2. The molecule has 1 saturated heterocycles. The van der Waals surface area contributed by atoms with Gasteiger partial charge in [-0.05, 0) is 6.92 Å². The van der Waals surface area contributed by atoms with Crippen LogP contribution in [-0.2, 0) is 17.1 Å². The molecule has 2 rings (SSSR count). The molecule has 1 aliphatic rings. The Bertz CT molecular complexity index is 590. The zero-order valence-electron chi connectivity index (χ0n) is 11.6. The van der Waals surface area contributed by atoms with Crippen molar-refractivity contribution in [1.82, 2.24) is 19.0 Å². The molecule has 0 amide bonds. The lowest BCUT2D eigenvalue weighted by Gasteiger charge is -2.36. The number of nitrogens with two attached hydrogens (primary N) is 1. The van der Waals surface area contributed by atoms with Crippen molar-refractivity contribution in [3.63, 3.8) is 0 Å². The van der Waals surface area contributed by atoms with E-state index in [1.54, 1.807) is 7.05 Å². The molecule has 20 heavy (non-hydrogen) atoms. The molecule has 7 nitrogen and oxygen atoms in total. The van der Waals surface area contributed by atoms with Gasteiger partial charge in [0, 0.05) is 39.4 Å². The number of sulfonamides is 1. The summed E-state index contributed by atoms with van der Waals surface area (Å²) in [5.74, 6) is 0. The van der Waals surface area contributed by atoms with Crippen molar-refractivity contribution in [2.24, 2.45) is 12.8 Å². The van der Waals surface area contributed by atoms with Crippen LogP contribution in [0.2, 0.25) is 0 Å². The van der Waals surface area contributed by atoms with Gasteiger partial charge in [0.15, 0.2) is 0 Å². The predicted octanol–water partition coefficient (Wildman–Crippen LogP) is -0.599. The Hall–Kier alpha value is -1.03. The van der Waals surface area contributed by atoms with Gasteiger partial charge in [-0.25, -0.2) is 8.42 Å². The SMILES string of the molecule is CC(C(N)=S)N1CCN(S(=O)(=O)c2cnn(C)c2)CC1. The van der Waals surface area contributed by atoms with Crippen molar-refractivity contribution < 1.29 is 8.42 Å². The molecule has 2 heterocycles. The highest BCUT2D eigenvalue weighted by atomic mass is 32.2. The van der Waals surface area contributed by atoms with Crippen molar-refractivity contribution in [2.45, 2.75) is 17.9 Å². The molecule has 1 aromatic heterocycles. The van der Waals surface area contributed by atoms with E-state index in [-0.39, 0.29) is 10.9 Å². The summed E-state index contributed by atoms with van der Waals surface area (Å²) in [5, 5.41) is 3.91. The van der Waals surface area contributed by atoms with Crippen molar-refractivity contribution >= 4 is 27.2 Å². The number of aryl methyl sites for hydroxylation is 1. The standard InChI is InChI=1S/C11H19N5O2S2/c1-9(11(12)19)15-3-5-16(6-4-15)20(17,18)10-7-13-14(2)8-10/h7-9H,3-6H2,1-2H3,(H2,12,19). The first kappa shape index (κ1) is 15.4. The normalized spacial score (nSPS) is 19.9. The van der Waals surface area contributed by atoms with Gasteiger partial charge in [0.1, 0.15) is 4.90 Å². The first-order valence-corrected chi connectivity index (χ1v) is 8.19. The topological polar surface area (TPSA) is 84.5 Å². The number of hydrogen-bond acceptors (Lipinski definition) is 5. The van der Waals surface area contributed by atoms with Gasteiger partial charge in [-0.1, -0.05) is 12.2 Å². The van der Waals surface area contributed by atoms with Crippen LogP contribution < -0.4 is 5.73 Å². The summed E-state index contributed by atoms with van der Waals surface area (Å²) in [4.78, 5) is 2.77. The Labute approximate surface area is 124 Å². The predicted molar refractivity (Wildman–Crippen MR) is 79.8 cm³/mol. The zero-order chi connectivity index (χ0) is 14.9. The first-order chi connectivity index (χ1) is 9.32. The fourth-order valence-corrected chi connectivity index (χ4v) is 3.75. The van der Waals surface area contributed by atoms with E-state index in [4.69, 9.17) is 18.0 Å². The number of piperazine rings is 1. The molecule has 9 heteroatoms. The van der Waals surface area contributed by atoms with Gasteiger partial charge in [-0.2, -0.15) is 9.40 Å². The first-order valence-electron chi connectivity index (χ1n) is 6.34. The molecule has 0 aromatic carbocycles. The van der Waals surface area contributed by atoms with Crippen molar-refractivity contribution in [3.8, 4) is 0 Å². The van der Waals surface area contributed by atoms with Crippen LogP contribution in [0.15, 0.2) is 17.3 Å². The Morgan fingerprint density at radius 3 is 2.45 bits per heavy atom. The molecule has 0 radical (unpaired) electrons. The van der Waals surface area contributed by atoms with Gasteiger partial charge in [0.05, 0.1) is 17.2 Å². The van der Waals surface area contributed by atoms with Gasteiger partial charge in [0.2, 0.25) is 10.0 Å². The largest absolute Gasteiger partial charge is 0.392 e. The van der Waals surface area contributed by atoms with Crippen molar-refractivity contribution in [2.75, 3.05) is 26.2 Å². The van der Waals surface area contributed by atoms with Gasteiger partial charge in [-0.3, -0.25) is 9.58 Å². The minimum absolute atomic E-state index is 0.00625. The Balaban J connectivity index is 2.05. The maximum Gasteiger partial charge on any atom is 0.246 e. The van der Waals surface area contributed by atoms with Gasteiger partial charge in [-0.15, -0.1) is 0 Å². The molecule has 2 N–H and O–H groups in total. The average Bonchev–Trinajstić information content (AvgIpc) is 2.85. The van der Waals surface area contributed by atoms with E-state index in [2.05, 4.69) is 10.00 Å². The summed E-state index contributed by atoms with van der Waals surface area (Å²) < 4.78 is 27.8. The van der Waals surface area contributed by atoms with Gasteiger partial charge in [0.25, 0.3) is 0 Å². The van der Waals surface area contributed by atoms with Crippen molar-refractivity contribution in [1.29, 1.82) is 0 Å². The molecular weight excluding hydrogens is 298 g/mol. The number of thiocarbonyl (C=S) groups is 1. The third kappa shape index (κ3) is 3.00. The van der Waals surface area contributed by atoms with E-state index in [0.29, 0.717) is 31.2 Å². The van der Waals surface area contributed by atoms with E-state index in [1.165, 1.54) is 21.4 Å². The summed E-state index contributed by atoms with van der Waals surface area (Å²) in [5.41, 5.74) is 5.63. The van der Waals surface area contributed by atoms with Crippen LogP contribution in [0.25, 0.3) is 0 Å². The lowest BCUT2D eigenvalue weighted by molar-refractivity contribution is 0.175. The molecule has 1 atom stereocenters. The van der Waals surface area contributed by atoms with E-state index in [0.717, 1.165) is 0 Å². The van der Waals surface area contributed by atoms with E-state index in [9.17, 15) is 8.42 Å². The van der Waals surface area contributed by atoms with Crippen LogP contribution in [0.1, 0.15) is 6.92 Å². The molecule has 1 unspecified atom stereocenters. The minimum atomic E-state index is -3.45. The maximum atomic E-state index is 12.4. The Kier molecular flexibility index (Phi) is 4.43. The summed E-state index contributed by atoms with van der Waals surface area (Å²) in [6, 6.07) is -0.00625. The van der Waals surface area contributed by atoms with E-state index in [1.807, 2.05) is 6.92 Å². The summed E-state index contributed by atoms with van der Waals surface area (Å²) in [6.45, 7) is 4.05. The second-order valence-electron chi connectivity index (χ2n) is 4.87. The van der Waals surface area contributed by atoms with E-state index >= 15 is 0 Å². The smallest absolute Gasteiger partial charge is 0.246 e. The highest BCUT2D eigenvalue weighted by Gasteiger charge is 2.31. The zero-order valence-corrected chi connectivity index (χ0v) is 13.2. The van der Waals surface area contributed by atoms with Crippen LogP contribution in [-0.4, -0.2) is 64.6 Å². The quantitative estimate of drug-likeness (QED) is 0.747. The molecule has 0 saturated carbocycles. The third-order valence-electron chi connectivity index (χ3n) is 3.55. The van der Waals surface area contributed by atoms with Crippen LogP contribution >= 0.6 is 12.2 Å². The second kappa shape index (κ2) is 5.76. The summed E-state index contributed by atoms with van der Waals surface area (Å²) in [7, 11) is -1.76. The fraction of sp³-hybridized carbons (Fsp3) is 0.636.